The predicted molar refractivity (Wildman–Crippen MR) is 59.1 cm³/mol. The first kappa shape index (κ1) is 8.95. The molecule has 0 radical (unpaired) electrons. The minimum absolute atomic E-state index is 0.528. The molecule has 76 valence electrons. The van der Waals surface area contributed by atoms with Gasteiger partial charge in [-0.05, 0) is 18.2 Å². The third kappa shape index (κ3) is 1.35. The van der Waals surface area contributed by atoms with Crippen molar-refractivity contribution in [1.29, 1.82) is 0 Å². The highest BCUT2D eigenvalue weighted by Crippen LogP contribution is 2.34. The van der Waals surface area contributed by atoms with E-state index in [1.807, 2.05) is 18.2 Å². The van der Waals surface area contributed by atoms with E-state index < -0.39 is 0 Å². The van der Waals surface area contributed by atoms with Crippen LogP contribution in [0.5, 0.6) is 5.75 Å². The molecule has 1 aliphatic heterocycles. The lowest BCUT2D eigenvalue weighted by atomic mass is 10.1. The van der Waals surface area contributed by atoms with Crippen molar-refractivity contribution in [2.45, 2.75) is 6.54 Å². The lowest BCUT2D eigenvalue weighted by Crippen LogP contribution is -2.25. The van der Waals surface area contributed by atoms with Crippen LogP contribution in [-0.2, 0) is 6.54 Å². The molecule has 3 rings (SSSR count). The number of rotatable bonds is 0. The summed E-state index contributed by atoms with van der Waals surface area (Å²) < 4.78 is 5.56. The molecular formula is C11H9ClN2O. The molecule has 1 aliphatic rings. The normalized spacial score (nSPS) is 14.7. The summed E-state index contributed by atoms with van der Waals surface area (Å²) in [7, 11) is 0. The van der Waals surface area contributed by atoms with Gasteiger partial charge in [0.1, 0.15) is 12.2 Å². The Morgan fingerprint density at radius 1 is 1.47 bits per heavy atom. The molecule has 4 heteroatoms. The number of benzene rings is 1. The van der Waals surface area contributed by atoms with Crippen LogP contribution >= 0.6 is 11.6 Å². The number of fused-ring (bicyclic) bond motifs is 3. The molecule has 0 spiro atoms. The SMILES string of the molecule is Clc1cc2c(c3ncccc13)OCNC2. The van der Waals surface area contributed by atoms with Crippen molar-refractivity contribution < 1.29 is 4.74 Å². The van der Waals surface area contributed by atoms with Crippen LogP contribution in [0, 0.1) is 0 Å². The van der Waals surface area contributed by atoms with Crippen LogP contribution < -0.4 is 10.1 Å². The van der Waals surface area contributed by atoms with E-state index in [9.17, 15) is 0 Å². The maximum Gasteiger partial charge on any atom is 0.152 e. The third-order valence-electron chi connectivity index (χ3n) is 2.51. The van der Waals surface area contributed by atoms with E-state index in [4.69, 9.17) is 16.3 Å². The van der Waals surface area contributed by atoms with Gasteiger partial charge < -0.3 is 4.74 Å². The van der Waals surface area contributed by atoms with E-state index in [1.165, 1.54) is 0 Å². The van der Waals surface area contributed by atoms with E-state index in [2.05, 4.69) is 10.3 Å². The Kier molecular flexibility index (Phi) is 2.01. The van der Waals surface area contributed by atoms with E-state index >= 15 is 0 Å². The smallest absolute Gasteiger partial charge is 0.152 e. The minimum Gasteiger partial charge on any atom is -0.476 e. The van der Waals surface area contributed by atoms with Crippen molar-refractivity contribution in [1.82, 2.24) is 10.3 Å². The van der Waals surface area contributed by atoms with Crippen molar-refractivity contribution in [3.8, 4) is 5.75 Å². The van der Waals surface area contributed by atoms with Gasteiger partial charge in [-0.1, -0.05) is 11.6 Å². The molecule has 2 aromatic rings. The molecule has 15 heavy (non-hydrogen) atoms. The fourth-order valence-corrected chi connectivity index (χ4v) is 2.11. The molecule has 0 unspecified atom stereocenters. The van der Waals surface area contributed by atoms with E-state index in [0.717, 1.165) is 33.8 Å². The largest absolute Gasteiger partial charge is 0.476 e. The van der Waals surface area contributed by atoms with Gasteiger partial charge in [0.2, 0.25) is 0 Å². The van der Waals surface area contributed by atoms with Crippen LogP contribution in [0.1, 0.15) is 5.56 Å². The van der Waals surface area contributed by atoms with E-state index in [1.54, 1.807) is 6.20 Å². The van der Waals surface area contributed by atoms with Gasteiger partial charge in [-0.15, -0.1) is 0 Å². The Hall–Kier alpha value is -1.32. The highest BCUT2D eigenvalue weighted by molar-refractivity contribution is 6.35. The first-order valence-electron chi connectivity index (χ1n) is 4.76. The van der Waals surface area contributed by atoms with E-state index in [-0.39, 0.29) is 0 Å². The average molecular weight is 221 g/mol. The first-order chi connectivity index (χ1) is 7.36. The quantitative estimate of drug-likeness (QED) is 0.740. The number of aromatic nitrogens is 1. The molecule has 0 amide bonds. The number of nitrogens with zero attached hydrogens (tertiary/aromatic N) is 1. The Morgan fingerprint density at radius 2 is 2.40 bits per heavy atom. The molecule has 0 saturated heterocycles. The molecule has 0 saturated carbocycles. The van der Waals surface area contributed by atoms with Gasteiger partial charge in [0.25, 0.3) is 0 Å². The molecule has 0 bridgehead atoms. The first-order valence-corrected chi connectivity index (χ1v) is 5.13. The fourth-order valence-electron chi connectivity index (χ4n) is 1.83. The number of ether oxygens (including phenoxy) is 1. The van der Waals surface area contributed by atoms with Gasteiger partial charge in [0.05, 0.1) is 5.02 Å². The zero-order valence-corrected chi connectivity index (χ0v) is 8.71. The molecule has 1 aromatic heterocycles. The van der Waals surface area contributed by atoms with Gasteiger partial charge in [-0.3, -0.25) is 10.3 Å². The average Bonchev–Trinajstić information content (AvgIpc) is 2.30. The molecule has 2 heterocycles. The topological polar surface area (TPSA) is 34.1 Å². The molecule has 1 N–H and O–H groups in total. The lowest BCUT2D eigenvalue weighted by molar-refractivity contribution is 0.260. The van der Waals surface area contributed by atoms with Crippen molar-refractivity contribution in [3.05, 3.63) is 35.0 Å². The van der Waals surface area contributed by atoms with Crippen molar-refractivity contribution >= 4 is 22.5 Å². The maximum atomic E-state index is 6.17. The fraction of sp³-hybridized carbons (Fsp3) is 0.182. The second kappa shape index (κ2) is 3.36. The number of hydrogen-bond acceptors (Lipinski definition) is 3. The monoisotopic (exact) mass is 220 g/mol. The number of nitrogens with one attached hydrogen (secondary N) is 1. The molecule has 0 aliphatic carbocycles. The van der Waals surface area contributed by atoms with E-state index in [0.29, 0.717) is 6.73 Å². The number of pyridine rings is 1. The van der Waals surface area contributed by atoms with Crippen molar-refractivity contribution in [2.75, 3.05) is 6.73 Å². The summed E-state index contributed by atoms with van der Waals surface area (Å²) in [6, 6.07) is 5.77. The van der Waals surface area contributed by atoms with Gasteiger partial charge in [0, 0.05) is 23.7 Å². The number of halogens is 1. The maximum absolute atomic E-state index is 6.17. The summed E-state index contributed by atoms with van der Waals surface area (Å²) in [5, 5.41) is 4.79. The van der Waals surface area contributed by atoms with Gasteiger partial charge in [0.15, 0.2) is 5.75 Å². The van der Waals surface area contributed by atoms with Crippen molar-refractivity contribution in [2.24, 2.45) is 0 Å². The van der Waals surface area contributed by atoms with Crippen LogP contribution in [-0.4, -0.2) is 11.7 Å². The van der Waals surface area contributed by atoms with Gasteiger partial charge in [-0.2, -0.15) is 0 Å². The highest BCUT2D eigenvalue weighted by atomic mass is 35.5. The van der Waals surface area contributed by atoms with Gasteiger partial charge >= 0.3 is 0 Å². The molecule has 0 atom stereocenters. The second-order valence-corrected chi connectivity index (χ2v) is 3.87. The highest BCUT2D eigenvalue weighted by Gasteiger charge is 2.16. The minimum atomic E-state index is 0.528. The zero-order chi connectivity index (χ0) is 10.3. The number of hydrogen-bond donors (Lipinski definition) is 1. The summed E-state index contributed by atoms with van der Waals surface area (Å²) >= 11 is 6.17. The summed E-state index contributed by atoms with van der Waals surface area (Å²) in [5.41, 5.74) is 1.92. The van der Waals surface area contributed by atoms with Crippen LogP contribution in [0.3, 0.4) is 0 Å². The third-order valence-corrected chi connectivity index (χ3v) is 2.82. The molecule has 3 nitrogen and oxygen atoms in total. The standard InChI is InChI=1S/C11H9ClN2O/c12-9-4-7-5-13-6-15-11(7)10-8(9)2-1-3-14-10/h1-4,13H,5-6H2. The Morgan fingerprint density at radius 3 is 3.33 bits per heavy atom. The van der Waals surface area contributed by atoms with Crippen LogP contribution in [0.25, 0.3) is 10.9 Å². The zero-order valence-electron chi connectivity index (χ0n) is 7.96. The molecule has 0 fully saturated rings. The predicted octanol–water partition coefficient (Wildman–Crippen LogP) is 2.33. The Labute approximate surface area is 92.0 Å². The molecular weight excluding hydrogens is 212 g/mol. The second-order valence-electron chi connectivity index (χ2n) is 3.46. The lowest BCUT2D eigenvalue weighted by Gasteiger charge is -2.20. The molecule has 1 aromatic carbocycles. The summed E-state index contributed by atoms with van der Waals surface area (Å²) in [4.78, 5) is 4.32. The Balaban J connectivity index is 2.39. The van der Waals surface area contributed by atoms with Crippen LogP contribution in [0.4, 0.5) is 0 Å². The Bertz CT molecular complexity index is 527. The van der Waals surface area contributed by atoms with Crippen LogP contribution in [0.2, 0.25) is 5.02 Å². The summed E-state index contributed by atoms with van der Waals surface area (Å²) in [5.74, 6) is 0.855. The van der Waals surface area contributed by atoms with Gasteiger partial charge in [-0.25, -0.2) is 0 Å². The summed E-state index contributed by atoms with van der Waals surface area (Å²) in [6.07, 6.45) is 1.75. The summed E-state index contributed by atoms with van der Waals surface area (Å²) in [6.45, 7) is 1.31. The van der Waals surface area contributed by atoms with Crippen LogP contribution in [0.15, 0.2) is 24.4 Å². The van der Waals surface area contributed by atoms with Crippen molar-refractivity contribution in [3.63, 3.8) is 0 Å².